The van der Waals surface area contributed by atoms with E-state index in [-0.39, 0.29) is 5.91 Å². The van der Waals surface area contributed by atoms with Gasteiger partial charge in [0.1, 0.15) is 0 Å². The highest BCUT2D eigenvalue weighted by Gasteiger charge is 1.93. The monoisotopic (exact) mass is 194 g/mol. The Hall–Kier alpha value is -1.51. The van der Waals surface area contributed by atoms with Crippen molar-refractivity contribution in [3.63, 3.8) is 0 Å². The molecule has 0 saturated heterocycles. The molecular formula is C11H18N2O. The average Bonchev–Trinajstić information content (AvgIpc) is 2.21. The molecule has 2 N–H and O–H groups in total. The summed E-state index contributed by atoms with van der Waals surface area (Å²) >= 11 is 0. The molecule has 0 bridgehead atoms. The molecule has 0 fully saturated rings. The van der Waals surface area contributed by atoms with Crippen LogP contribution in [0, 0.1) is 0 Å². The Labute approximate surface area is 85.5 Å². The summed E-state index contributed by atoms with van der Waals surface area (Å²) in [6.45, 7) is 5.49. The van der Waals surface area contributed by atoms with E-state index in [1.807, 2.05) is 45.2 Å². The third-order valence-corrected chi connectivity index (χ3v) is 1.49. The molecule has 0 aliphatic carbocycles. The van der Waals surface area contributed by atoms with Gasteiger partial charge in [-0.1, -0.05) is 13.8 Å². The maximum absolute atomic E-state index is 10.6. The van der Waals surface area contributed by atoms with Gasteiger partial charge in [-0.25, -0.2) is 0 Å². The summed E-state index contributed by atoms with van der Waals surface area (Å²) in [4.78, 5) is 10.6. The van der Waals surface area contributed by atoms with Gasteiger partial charge in [-0.15, -0.1) is 0 Å². The zero-order valence-electron chi connectivity index (χ0n) is 9.22. The van der Waals surface area contributed by atoms with Gasteiger partial charge in [0, 0.05) is 25.3 Å². The maximum Gasteiger partial charge on any atom is 0.221 e. The molecule has 1 aromatic carbocycles. The van der Waals surface area contributed by atoms with Gasteiger partial charge in [-0.05, 0) is 24.3 Å². The molecule has 1 aromatic rings. The second kappa shape index (κ2) is 6.95. The predicted octanol–water partition coefficient (Wildman–Crippen LogP) is 2.71. The Bertz CT molecular complexity index is 267. The van der Waals surface area contributed by atoms with Crippen molar-refractivity contribution in [3.8, 4) is 0 Å². The quantitative estimate of drug-likeness (QED) is 0.760. The minimum absolute atomic E-state index is 0.0489. The van der Waals surface area contributed by atoms with Crippen molar-refractivity contribution in [2.75, 3.05) is 17.7 Å². The number of carbonyl (C=O) groups is 1. The van der Waals surface area contributed by atoms with Crippen LogP contribution in [-0.4, -0.2) is 13.0 Å². The lowest BCUT2D eigenvalue weighted by molar-refractivity contribution is -0.114. The number of rotatable bonds is 2. The van der Waals surface area contributed by atoms with Crippen molar-refractivity contribution in [1.29, 1.82) is 0 Å². The molecular weight excluding hydrogens is 176 g/mol. The van der Waals surface area contributed by atoms with E-state index in [1.165, 1.54) is 6.92 Å². The van der Waals surface area contributed by atoms with E-state index in [0.29, 0.717) is 0 Å². The number of nitrogens with one attached hydrogen (secondary N) is 2. The first-order valence-corrected chi connectivity index (χ1v) is 4.78. The molecule has 14 heavy (non-hydrogen) atoms. The second-order valence-electron chi connectivity index (χ2n) is 2.51. The summed E-state index contributed by atoms with van der Waals surface area (Å²) < 4.78 is 0. The largest absolute Gasteiger partial charge is 0.388 e. The lowest BCUT2D eigenvalue weighted by Crippen LogP contribution is -2.05. The van der Waals surface area contributed by atoms with Gasteiger partial charge >= 0.3 is 0 Å². The lowest BCUT2D eigenvalue weighted by atomic mass is 10.3. The summed E-state index contributed by atoms with van der Waals surface area (Å²) in [6, 6.07) is 7.52. The van der Waals surface area contributed by atoms with Gasteiger partial charge in [-0.2, -0.15) is 0 Å². The Morgan fingerprint density at radius 3 is 1.86 bits per heavy atom. The van der Waals surface area contributed by atoms with Crippen molar-refractivity contribution in [2.24, 2.45) is 0 Å². The molecule has 0 aromatic heterocycles. The van der Waals surface area contributed by atoms with E-state index < -0.39 is 0 Å². The van der Waals surface area contributed by atoms with E-state index in [9.17, 15) is 4.79 Å². The second-order valence-corrected chi connectivity index (χ2v) is 2.51. The minimum atomic E-state index is -0.0489. The molecule has 3 nitrogen and oxygen atoms in total. The van der Waals surface area contributed by atoms with Crippen molar-refractivity contribution < 1.29 is 4.79 Å². The number of carbonyl (C=O) groups excluding carboxylic acids is 1. The molecule has 0 unspecified atom stereocenters. The van der Waals surface area contributed by atoms with Crippen molar-refractivity contribution >= 4 is 17.3 Å². The van der Waals surface area contributed by atoms with Crippen LogP contribution in [-0.2, 0) is 4.79 Å². The molecule has 78 valence electrons. The van der Waals surface area contributed by atoms with Crippen LogP contribution in [0.2, 0.25) is 0 Å². The average molecular weight is 194 g/mol. The molecule has 1 amide bonds. The van der Waals surface area contributed by atoms with Crippen LogP contribution in [0.1, 0.15) is 20.8 Å². The Balaban J connectivity index is 0.000000791. The van der Waals surface area contributed by atoms with Crippen LogP contribution in [0.25, 0.3) is 0 Å². The molecule has 0 spiro atoms. The van der Waals surface area contributed by atoms with E-state index in [4.69, 9.17) is 0 Å². The standard InChI is InChI=1S/C9H12N2O.C2H6/c1-7(12)11-9-5-3-8(10-2)4-6-9;1-2/h3-6,10H,1-2H3,(H,11,12);1-2H3. The zero-order chi connectivity index (χ0) is 11.0. The number of hydrogen-bond donors (Lipinski definition) is 2. The van der Waals surface area contributed by atoms with Gasteiger partial charge in [-0.3, -0.25) is 4.79 Å². The van der Waals surface area contributed by atoms with Crippen LogP contribution < -0.4 is 10.6 Å². The van der Waals surface area contributed by atoms with Crippen molar-refractivity contribution in [3.05, 3.63) is 24.3 Å². The zero-order valence-corrected chi connectivity index (χ0v) is 9.22. The summed E-state index contributed by atoms with van der Waals surface area (Å²) in [6.07, 6.45) is 0. The molecule has 0 heterocycles. The Morgan fingerprint density at radius 1 is 1.07 bits per heavy atom. The fraction of sp³-hybridized carbons (Fsp3) is 0.364. The smallest absolute Gasteiger partial charge is 0.221 e. The first-order valence-electron chi connectivity index (χ1n) is 4.78. The van der Waals surface area contributed by atoms with Crippen LogP contribution >= 0.6 is 0 Å². The van der Waals surface area contributed by atoms with Gasteiger partial charge in [0.2, 0.25) is 5.91 Å². The topological polar surface area (TPSA) is 41.1 Å². The minimum Gasteiger partial charge on any atom is -0.388 e. The Morgan fingerprint density at radius 2 is 1.50 bits per heavy atom. The molecule has 3 heteroatoms. The molecule has 0 saturated carbocycles. The van der Waals surface area contributed by atoms with Crippen molar-refractivity contribution in [2.45, 2.75) is 20.8 Å². The summed E-state index contributed by atoms with van der Waals surface area (Å²) in [7, 11) is 1.85. The molecule has 1 rings (SSSR count). The summed E-state index contributed by atoms with van der Waals surface area (Å²) in [5.41, 5.74) is 1.85. The van der Waals surface area contributed by atoms with E-state index in [2.05, 4.69) is 10.6 Å². The van der Waals surface area contributed by atoms with Crippen LogP contribution in [0.3, 0.4) is 0 Å². The number of amides is 1. The normalized spacial score (nSPS) is 8.29. The molecule has 0 atom stereocenters. The van der Waals surface area contributed by atoms with Crippen LogP contribution in [0.15, 0.2) is 24.3 Å². The SMILES string of the molecule is CC.CNc1ccc(NC(C)=O)cc1. The van der Waals surface area contributed by atoms with Gasteiger partial charge in [0.15, 0.2) is 0 Å². The van der Waals surface area contributed by atoms with Gasteiger partial charge in [0.25, 0.3) is 0 Å². The van der Waals surface area contributed by atoms with Crippen LogP contribution in [0.4, 0.5) is 11.4 Å². The van der Waals surface area contributed by atoms with Gasteiger partial charge in [0.05, 0.1) is 0 Å². The molecule has 0 aliphatic rings. The summed E-state index contributed by atoms with van der Waals surface area (Å²) in [5, 5.41) is 5.68. The highest BCUT2D eigenvalue weighted by Crippen LogP contribution is 2.12. The lowest BCUT2D eigenvalue weighted by Gasteiger charge is -2.03. The fourth-order valence-corrected chi connectivity index (χ4v) is 0.923. The summed E-state index contributed by atoms with van der Waals surface area (Å²) in [5.74, 6) is -0.0489. The first kappa shape index (κ1) is 12.5. The third-order valence-electron chi connectivity index (χ3n) is 1.49. The number of anilines is 2. The van der Waals surface area contributed by atoms with Gasteiger partial charge < -0.3 is 10.6 Å². The Kier molecular flexibility index (Phi) is 6.20. The fourth-order valence-electron chi connectivity index (χ4n) is 0.923. The number of benzene rings is 1. The third kappa shape index (κ3) is 4.50. The first-order chi connectivity index (χ1) is 6.72. The van der Waals surface area contributed by atoms with E-state index in [1.54, 1.807) is 0 Å². The molecule has 0 aliphatic heterocycles. The number of hydrogen-bond acceptors (Lipinski definition) is 2. The highest BCUT2D eigenvalue weighted by atomic mass is 16.1. The molecule has 0 radical (unpaired) electrons. The van der Waals surface area contributed by atoms with E-state index >= 15 is 0 Å². The van der Waals surface area contributed by atoms with Crippen molar-refractivity contribution in [1.82, 2.24) is 0 Å². The predicted molar refractivity (Wildman–Crippen MR) is 61.6 cm³/mol. The highest BCUT2D eigenvalue weighted by molar-refractivity contribution is 5.88. The maximum atomic E-state index is 10.6. The van der Waals surface area contributed by atoms with E-state index in [0.717, 1.165) is 11.4 Å². The van der Waals surface area contributed by atoms with Crippen LogP contribution in [0.5, 0.6) is 0 Å².